The highest BCUT2D eigenvalue weighted by molar-refractivity contribution is 5.70. The molecular formula is C13H24N2O2. The molecule has 0 aromatic rings. The molecule has 0 unspecified atom stereocenters. The zero-order valence-electron chi connectivity index (χ0n) is 11.2. The third kappa shape index (κ3) is 4.29. The Balaban J connectivity index is 2.15. The van der Waals surface area contributed by atoms with Crippen molar-refractivity contribution in [3.63, 3.8) is 0 Å². The van der Waals surface area contributed by atoms with E-state index in [1.165, 1.54) is 19.3 Å². The zero-order chi connectivity index (χ0) is 12.7. The maximum absolute atomic E-state index is 11.8. The molecule has 0 aliphatic carbocycles. The van der Waals surface area contributed by atoms with Crippen molar-refractivity contribution in [3.8, 4) is 0 Å². The van der Waals surface area contributed by atoms with Crippen molar-refractivity contribution in [1.29, 1.82) is 0 Å². The Morgan fingerprint density at radius 3 is 2.59 bits per heavy atom. The van der Waals surface area contributed by atoms with E-state index >= 15 is 0 Å². The van der Waals surface area contributed by atoms with Gasteiger partial charge >= 0.3 is 6.09 Å². The van der Waals surface area contributed by atoms with Crippen LogP contribution in [0, 0.1) is 0 Å². The van der Waals surface area contributed by atoms with Crippen molar-refractivity contribution < 1.29 is 9.53 Å². The predicted octanol–water partition coefficient (Wildman–Crippen LogP) is 3.21. The van der Waals surface area contributed by atoms with Crippen LogP contribution < -0.4 is 5.32 Å². The summed E-state index contributed by atoms with van der Waals surface area (Å²) in [5.41, 5.74) is -0.376. The number of carbonyl (C=O) groups excluding carboxylic acids is 1. The summed E-state index contributed by atoms with van der Waals surface area (Å²) in [6.45, 7) is 6.59. The molecule has 0 bridgehead atoms. The van der Waals surface area contributed by atoms with Crippen LogP contribution in [0.3, 0.4) is 0 Å². The standard InChI is InChI=1S/C13H24N2O2/c1-4-5-6-7-8-11-17-12(16)15-10-9-14-13(15,2)3/h9-10,14H,4-8,11H2,1-3H3. The first-order chi connectivity index (χ1) is 8.08. The summed E-state index contributed by atoms with van der Waals surface area (Å²) in [7, 11) is 0. The molecule has 0 saturated heterocycles. The summed E-state index contributed by atoms with van der Waals surface area (Å²) in [6, 6.07) is 0. The normalized spacial score (nSPS) is 17.0. The third-order valence-electron chi connectivity index (χ3n) is 2.93. The fourth-order valence-electron chi connectivity index (χ4n) is 1.80. The molecule has 0 aromatic heterocycles. The molecule has 0 radical (unpaired) electrons. The van der Waals surface area contributed by atoms with Crippen LogP contribution in [0.2, 0.25) is 0 Å². The fraction of sp³-hybridized carbons (Fsp3) is 0.769. The van der Waals surface area contributed by atoms with Crippen molar-refractivity contribution in [3.05, 3.63) is 12.4 Å². The summed E-state index contributed by atoms with van der Waals surface area (Å²) in [5, 5.41) is 3.09. The molecule has 98 valence electrons. The van der Waals surface area contributed by atoms with Gasteiger partial charge in [-0.1, -0.05) is 32.6 Å². The lowest BCUT2D eigenvalue weighted by molar-refractivity contribution is 0.0856. The molecule has 1 rings (SSSR count). The van der Waals surface area contributed by atoms with E-state index in [1.54, 1.807) is 17.3 Å². The first-order valence-corrected chi connectivity index (χ1v) is 6.48. The summed E-state index contributed by atoms with van der Waals surface area (Å²) < 4.78 is 5.24. The zero-order valence-corrected chi connectivity index (χ0v) is 11.2. The molecule has 0 fully saturated rings. The van der Waals surface area contributed by atoms with Crippen molar-refractivity contribution in [2.45, 2.75) is 58.5 Å². The second-order valence-corrected chi connectivity index (χ2v) is 4.92. The van der Waals surface area contributed by atoms with E-state index < -0.39 is 0 Å². The Kier molecular flexibility index (Phi) is 5.32. The van der Waals surface area contributed by atoms with Gasteiger partial charge in [-0.2, -0.15) is 0 Å². The highest BCUT2D eigenvalue weighted by Gasteiger charge is 2.32. The van der Waals surface area contributed by atoms with Crippen molar-refractivity contribution >= 4 is 6.09 Å². The highest BCUT2D eigenvalue weighted by atomic mass is 16.6. The molecule has 4 nitrogen and oxygen atoms in total. The van der Waals surface area contributed by atoms with Gasteiger partial charge in [-0.15, -0.1) is 0 Å². The van der Waals surface area contributed by atoms with E-state index in [1.807, 2.05) is 13.8 Å². The molecule has 1 amide bonds. The molecule has 1 N–H and O–H groups in total. The lowest BCUT2D eigenvalue weighted by Crippen LogP contribution is -2.48. The summed E-state index contributed by atoms with van der Waals surface area (Å²) in [6.07, 6.45) is 9.03. The second kappa shape index (κ2) is 6.52. The van der Waals surface area contributed by atoms with E-state index in [2.05, 4.69) is 12.2 Å². The third-order valence-corrected chi connectivity index (χ3v) is 2.93. The number of ether oxygens (including phenoxy) is 1. The van der Waals surface area contributed by atoms with Gasteiger partial charge in [-0.05, 0) is 20.3 Å². The second-order valence-electron chi connectivity index (χ2n) is 4.92. The number of hydrogen-bond acceptors (Lipinski definition) is 3. The van der Waals surface area contributed by atoms with Gasteiger partial charge in [0, 0.05) is 12.4 Å². The van der Waals surface area contributed by atoms with Gasteiger partial charge in [-0.3, -0.25) is 4.90 Å². The van der Waals surface area contributed by atoms with E-state index in [-0.39, 0.29) is 11.8 Å². The molecule has 0 atom stereocenters. The first kappa shape index (κ1) is 13.9. The number of hydrogen-bond donors (Lipinski definition) is 1. The molecule has 0 saturated carbocycles. The number of nitrogens with one attached hydrogen (secondary N) is 1. The Morgan fingerprint density at radius 1 is 1.29 bits per heavy atom. The van der Waals surface area contributed by atoms with Crippen LogP contribution >= 0.6 is 0 Å². The smallest absolute Gasteiger partial charge is 0.415 e. The van der Waals surface area contributed by atoms with Crippen LogP contribution in [0.5, 0.6) is 0 Å². The Morgan fingerprint density at radius 2 is 2.00 bits per heavy atom. The topological polar surface area (TPSA) is 41.6 Å². The number of amides is 1. The van der Waals surface area contributed by atoms with Gasteiger partial charge in [0.2, 0.25) is 0 Å². The summed E-state index contributed by atoms with van der Waals surface area (Å²) >= 11 is 0. The predicted molar refractivity (Wildman–Crippen MR) is 68.3 cm³/mol. The molecule has 1 heterocycles. The van der Waals surface area contributed by atoms with Crippen molar-refractivity contribution in [1.82, 2.24) is 10.2 Å². The maximum Gasteiger partial charge on any atom is 0.415 e. The van der Waals surface area contributed by atoms with Crippen molar-refractivity contribution in [2.75, 3.05) is 6.61 Å². The number of carbonyl (C=O) groups is 1. The molecule has 17 heavy (non-hydrogen) atoms. The molecule has 1 aliphatic heterocycles. The maximum atomic E-state index is 11.8. The van der Waals surface area contributed by atoms with Gasteiger partial charge in [0.05, 0.1) is 6.61 Å². The SMILES string of the molecule is CCCCCCCOC(=O)N1C=CNC1(C)C. The Labute approximate surface area is 104 Å². The fourth-order valence-corrected chi connectivity index (χ4v) is 1.80. The molecule has 0 spiro atoms. The lowest BCUT2D eigenvalue weighted by Gasteiger charge is -2.30. The minimum Gasteiger partial charge on any atom is -0.449 e. The molecular weight excluding hydrogens is 216 g/mol. The van der Waals surface area contributed by atoms with Crippen LogP contribution in [-0.2, 0) is 4.74 Å². The number of unbranched alkanes of at least 4 members (excludes halogenated alkanes) is 4. The van der Waals surface area contributed by atoms with Crippen LogP contribution in [0.25, 0.3) is 0 Å². The Hall–Kier alpha value is -1.19. The van der Waals surface area contributed by atoms with E-state index in [4.69, 9.17) is 4.74 Å². The van der Waals surface area contributed by atoms with E-state index in [0.29, 0.717) is 6.61 Å². The van der Waals surface area contributed by atoms with Gasteiger partial charge in [0.25, 0.3) is 0 Å². The van der Waals surface area contributed by atoms with Gasteiger partial charge in [-0.25, -0.2) is 4.79 Å². The van der Waals surface area contributed by atoms with Gasteiger partial charge < -0.3 is 10.1 Å². The van der Waals surface area contributed by atoms with Gasteiger partial charge in [0.15, 0.2) is 0 Å². The minimum absolute atomic E-state index is 0.272. The average molecular weight is 240 g/mol. The molecule has 1 aliphatic rings. The average Bonchev–Trinajstić information content (AvgIpc) is 2.63. The van der Waals surface area contributed by atoms with Crippen LogP contribution in [-0.4, -0.2) is 23.3 Å². The monoisotopic (exact) mass is 240 g/mol. The number of nitrogens with zero attached hydrogens (tertiary/aromatic N) is 1. The van der Waals surface area contributed by atoms with E-state index in [9.17, 15) is 4.79 Å². The van der Waals surface area contributed by atoms with Crippen LogP contribution in [0.1, 0.15) is 52.9 Å². The van der Waals surface area contributed by atoms with Crippen molar-refractivity contribution in [2.24, 2.45) is 0 Å². The van der Waals surface area contributed by atoms with E-state index in [0.717, 1.165) is 12.8 Å². The molecule has 0 aromatic carbocycles. The minimum atomic E-state index is -0.376. The number of rotatable bonds is 6. The highest BCUT2D eigenvalue weighted by Crippen LogP contribution is 2.17. The summed E-state index contributed by atoms with van der Waals surface area (Å²) in [5.74, 6) is 0. The van der Waals surface area contributed by atoms with Crippen LogP contribution in [0.15, 0.2) is 12.4 Å². The quantitative estimate of drug-likeness (QED) is 0.725. The molecule has 4 heteroatoms. The summed E-state index contributed by atoms with van der Waals surface area (Å²) in [4.78, 5) is 13.3. The van der Waals surface area contributed by atoms with Crippen LogP contribution in [0.4, 0.5) is 4.79 Å². The lowest BCUT2D eigenvalue weighted by atomic mass is 10.2. The van der Waals surface area contributed by atoms with Gasteiger partial charge in [0.1, 0.15) is 5.66 Å². The largest absolute Gasteiger partial charge is 0.449 e. The first-order valence-electron chi connectivity index (χ1n) is 6.48. The Bertz CT molecular complexity index is 275.